The molecule has 2 amide bonds. The Labute approximate surface area is 398 Å². The van der Waals surface area contributed by atoms with Gasteiger partial charge in [0.1, 0.15) is 10.5 Å². The van der Waals surface area contributed by atoms with E-state index in [1.54, 1.807) is 57.2 Å². The summed E-state index contributed by atoms with van der Waals surface area (Å²) in [5, 5.41) is 15.0. The Balaban J connectivity index is 1.15. The Kier molecular flexibility index (Phi) is 16.3. The van der Waals surface area contributed by atoms with Crippen molar-refractivity contribution in [1.29, 1.82) is 0 Å². The lowest BCUT2D eigenvalue weighted by Gasteiger charge is -2.36. The van der Waals surface area contributed by atoms with Crippen LogP contribution >= 0.6 is 23.4 Å². The summed E-state index contributed by atoms with van der Waals surface area (Å²) in [7, 11) is -9.59. The number of aliphatic hydroxyl groups is 1. The van der Waals surface area contributed by atoms with Gasteiger partial charge in [-0.2, -0.15) is 13.2 Å². The second-order valence-electron chi connectivity index (χ2n) is 17.1. The molecule has 19 heteroatoms. The third kappa shape index (κ3) is 13.3. The Bertz CT molecular complexity index is 2730. The van der Waals surface area contributed by atoms with Crippen LogP contribution in [0.25, 0.3) is 11.1 Å². The average molecular weight is 1000 g/mol. The molecule has 12 nitrogen and oxygen atoms in total. The number of amides is 2. The lowest BCUT2D eigenvalue weighted by Crippen LogP contribution is -2.37. The normalized spacial score (nSPS) is 14.8. The number of hydrogen-bond acceptors (Lipinski definition) is 11. The van der Waals surface area contributed by atoms with Gasteiger partial charge in [0.25, 0.3) is 25.8 Å². The molecule has 0 radical (unpaired) electrons. The topological polar surface area (TPSA) is 162 Å². The highest BCUT2D eigenvalue weighted by Crippen LogP contribution is 2.39. The number of carbonyl (C=O) groups excluding carboxylic acids is 2. The highest BCUT2D eigenvalue weighted by atomic mass is 35.5. The lowest BCUT2D eigenvalue weighted by molar-refractivity contribution is -0.0436. The summed E-state index contributed by atoms with van der Waals surface area (Å²) in [6, 6.07) is 31.7. The number of aliphatic hydroxyl groups excluding tert-OH is 1. The fourth-order valence-electron chi connectivity index (χ4n) is 7.49. The Morgan fingerprint density at radius 1 is 0.881 bits per heavy atom. The SMILES string of the molecule is CN(CC[C@H](CSc1ccccc1)Nc1ccc(S(=O)(=O)NC(=O)c2ccc(N3CCC([C@@H](O)c4ccccc4-c4ccc(Cl)cc4)CC3)cc2)cc1S(=O)(=O)C(F)(F)F)C(=O)OC(C)(C)C. The van der Waals surface area contributed by atoms with Crippen LogP contribution in [0.2, 0.25) is 5.02 Å². The number of sulfonamides is 1. The number of thioether (sulfide) groups is 1. The minimum atomic E-state index is -6.15. The van der Waals surface area contributed by atoms with Crippen LogP contribution in [0, 0.1) is 5.92 Å². The summed E-state index contributed by atoms with van der Waals surface area (Å²) < 4.78 is 103. The monoisotopic (exact) mass is 1000 g/mol. The molecule has 1 aliphatic rings. The van der Waals surface area contributed by atoms with Crippen LogP contribution in [0.4, 0.5) is 29.3 Å². The summed E-state index contributed by atoms with van der Waals surface area (Å²) in [5.41, 5.74) is -3.79. The van der Waals surface area contributed by atoms with E-state index < -0.39 is 70.6 Å². The highest BCUT2D eigenvalue weighted by Gasteiger charge is 2.48. The number of halogens is 4. The van der Waals surface area contributed by atoms with Crippen molar-refractivity contribution in [2.24, 2.45) is 5.92 Å². The van der Waals surface area contributed by atoms with Gasteiger partial charge < -0.3 is 25.0 Å². The van der Waals surface area contributed by atoms with Gasteiger partial charge >= 0.3 is 11.6 Å². The van der Waals surface area contributed by atoms with Crippen molar-refractivity contribution in [2.45, 2.75) is 78.0 Å². The van der Waals surface area contributed by atoms with Crippen LogP contribution in [0.5, 0.6) is 0 Å². The molecule has 5 aromatic rings. The van der Waals surface area contributed by atoms with E-state index in [0.29, 0.717) is 37.0 Å². The predicted molar refractivity (Wildman–Crippen MR) is 256 cm³/mol. The number of ether oxygens (including phenoxy) is 1. The molecule has 0 aliphatic carbocycles. The molecule has 5 aromatic carbocycles. The summed E-state index contributed by atoms with van der Waals surface area (Å²) in [6.45, 7) is 6.33. The summed E-state index contributed by atoms with van der Waals surface area (Å²) in [5.74, 6) is -0.925. The van der Waals surface area contributed by atoms with E-state index in [9.17, 15) is 44.7 Å². The van der Waals surface area contributed by atoms with Gasteiger partial charge in [-0.1, -0.05) is 66.2 Å². The molecule has 1 saturated heterocycles. The number of nitrogens with one attached hydrogen (secondary N) is 2. The molecule has 3 N–H and O–H groups in total. The predicted octanol–water partition coefficient (Wildman–Crippen LogP) is 10.2. The lowest BCUT2D eigenvalue weighted by atomic mass is 9.84. The standard InChI is InChI=1S/C48H52ClF3N4O8S3/c1-47(2,3)64-46(59)55(4)27-26-36(31-65-38-10-6-5-7-11-38)53-42-23-22-39(30-43(42)66(60,61)48(50,51)52)67(62,63)54-45(58)34-16-20-37(21-17-34)56-28-24-33(25-29-56)44(57)41-13-9-8-12-40(41)32-14-18-35(49)19-15-32/h5-23,30,33,36,44,53,57H,24-29,31H2,1-4H3,(H,54,58)/t36-,44-/m1/s1. The van der Waals surface area contributed by atoms with Crippen LogP contribution in [0.1, 0.15) is 62.1 Å². The quantitative estimate of drug-likeness (QED) is 0.0807. The summed E-state index contributed by atoms with van der Waals surface area (Å²) in [4.78, 5) is 27.9. The molecule has 1 aliphatic heterocycles. The molecule has 0 spiro atoms. The number of benzene rings is 5. The molecular formula is C48H52ClF3N4O8S3. The molecule has 0 aromatic heterocycles. The maximum atomic E-state index is 14.2. The van der Waals surface area contributed by atoms with Gasteiger partial charge in [-0.25, -0.2) is 26.4 Å². The molecular weight excluding hydrogens is 949 g/mol. The third-order valence-electron chi connectivity index (χ3n) is 11.1. The molecule has 0 saturated carbocycles. The van der Waals surface area contributed by atoms with Gasteiger partial charge in [-0.05, 0) is 129 Å². The smallest absolute Gasteiger partial charge is 0.444 e. The summed E-state index contributed by atoms with van der Waals surface area (Å²) in [6.07, 6.45) is 0.0882. The van der Waals surface area contributed by atoms with E-state index in [2.05, 4.69) is 10.2 Å². The van der Waals surface area contributed by atoms with Gasteiger partial charge in [0.15, 0.2) is 0 Å². The largest absolute Gasteiger partial charge is 0.501 e. The van der Waals surface area contributed by atoms with E-state index in [-0.39, 0.29) is 30.2 Å². The van der Waals surface area contributed by atoms with Crippen molar-refractivity contribution in [3.05, 3.63) is 137 Å². The van der Waals surface area contributed by atoms with E-state index in [1.165, 1.54) is 35.8 Å². The minimum absolute atomic E-state index is 0.0330. The second-order valence-corrected chi connectivity index (χ2v) is 22.2. The van der Waals surface area contributed by atoms with E-state index in [1.807, 2.05) is 59.3 Å². The zero-order valence-electron chi connectivity index (χ0n) is 37.2. The van der Waals surface area contributed by atoms with Crippen LogP contribution in [0.15, 0.2) is 136 Å². The number of nitrogens with zero attached hydrogens (tertiary/aromatic N) is 2. The number of sulfone groups is 1. The third-order valence-corrected chi connectivity index (χ3v) is 15.4. The van der Waals surface area contributed by atoms with Gasteiger partial charge in [0.2, 0.25) is 0 Å². The number of carbonyl (C=O) groups is 2. The van der Waals surface area contributed by atoms with E-state index in [0.717, 1.165) is 39.4 Å². The van der Waals surface area contributed by atoms with Gasteiger partial charge in [0.05, 0.1) is 16.7 Å². The summed E-state index contributed by atoms with van der Waals surface area (Å²) >= 11 is 7.43. The zero-order chi connectivity index (χ0) is 48.7. The molecule has 1 fully saturated rings. The zero-order valence-corrected chi connectivity index (χ0v) is 40.4. The first-order valence-corrected chi connectivity index (χ1v) is 25.6. The maximum absolute atomic E-state index is 14.2. The number of anilines is 2. The van der Waals surface area contributed by atoms with Crippen molar-refractivity contribution < 1.29 is 49.4 Å². The maximum Gasteiger partial charge on any atom is 0.501 e. The molecule has 358 valence electrons. The van der Waals surface area contributed by atoms with Crippen molar-refractivity contribution >= 4 is 66.6 Å². The average Bonchev–Trinajstić information content (AvgIpc) is 3.29. The number of hydrogen-bond donors (Lipinski definition) is 3. The van der Waals surface area contributed by atoms with Gasteiger partial charge in [0, 0.05) is 59.6 Å². The van der Waals surface area contributed by atoms with Gasteiger partial charge in [-0.3, -0.25) is 4.79 Å². The van der Waals surface area contributed by atoms with Crippen LogP contribution in [-0.4, -0.2) is 88.4 Å². The fraction of sp³-hybridized carbons (Fsp3) is 0.333. The molecule has 67 heavy (non-hydrogen) atoms. The van der Waals surface area contributed by atoms with E-state index >= 15 is 0 Å². The number of rotatable bonds is 16. The van der Waals surface area contributed by atoms with Crippen LogP contribution in [-0.2, 0) is 24.6 Å². The first kappa shape index (κ1) is 51.1. The van der Waals surface area contributed by atoms with Crippen molar-refractivity contribution in [2.75, 3.05) is 42.7 Å². The number of alkyl halides is 3. The molecule has 0 bridgehead atoms. The van der Waals surface area contributed by atoms with Crippen LogP contribution in [0.3, 0.4) is 0 Å². The second kappa shape index (κ2) is 21.4. The molecule has 1 heterocycles. The van der Waals surface area contributed by atoms with E-state index in [4.69, 9.17) is 16.3 Å². The number of piperidine rings is 1. The molecule has 6 rings (SSSR count). The highest BCUT2D eigenvalue weighted by molar-refractivity contribution is 7.99. The van der Waals surface area contributed by atoms with Crippen molar-refractivity contribution in [3.63, 3.8) is 0 Å². The molecule has 2 atom stereocenters. The fourth-order valence-corrected chi connectivity index (χ4v) is 10.6. The van der Waals surface area contributed by atoms with Crippen molar-refractivity contribution in [1.82, 2.24) is 9.62 Å². The Morgan fingerprint density at radius 2 is 1.51 bits per heavy atom. The Hall–Kier alpha value is -5.27. The first-order chi connectivity index (χ1) is 31.5. The Morgan fingerprint density at radius 3 is 2.13 bits per heavy atom. The van der Waals surface area contributed by atoms with Crippen molar-refractivity contribution in [3.8, 4) is 11.1 Å². The van der Waals surface area contributed by atoms with Crippen LogP contribution < -0.4 is 14.9 Å². The minimum Gasteiger partial charge on any atom is -0.444 e. The molecule has 0 unspecified atom stereocenters. The van der Waals surface area contributed by atoms with Gasteiger partial charge in [-0.15, -0.1) is 11.8 Å². The first-order valence-electron chi connectivity index (χ1n) is 21.3.